The Morgan fingerprint density at radius 2 is 2.14 bits per heavy atom. The number of hydrogen-bond donors (Lipinski definition) is 2. The van der Waals surface area contributed by atoms with Crippen LogP contribution in [0.3, 0.4) is 0 Å². The molecule has 0 aliphatic heterocycles. The number of benzene rings is 1. The first-order chi connectivity index (χ1) is 6.50. The molecule has 0 heterocycles. The van der Waals surface area contributed by atoms with Gasteiger partial charge in [-0.3, -0.25) is 0 Å². The fourth-order valence-corrected chi connectivity index (χ4v) is 1.67. The molecule has 1 aromatic carbocycles. The van der Waals surface area contributed by atoms with Crippen molar-refractivity contribution >= 4 is 0 Å². The van der Waals surface area contributed by atoms with E-state index in [4.69, 9.17) is 5.73 Å². The van der Waals surface area contributed by atoms with E-state index in [1.807, 2.05) is 6.92 Å². The maximum atomic E-state index is 13.4. The number of nitrogens with two attached hydrogens (primary N) is 1. The molecule has 14 heavy (non-hydrogen) atoms. The van der Waals surface area contributed by atoms with Crippen molar-refractivity contribution in [3.05, 3.63) is 29.1 Å². The molecule has 3 N–H and O–H groups in total. The Morgan fingerprint density at radius 1 is 1.50 bits per heavy atom. The zero-order valence-electron chi connectivity index (χ0n) is 8.18. The lowest BCUT2D eigenvalue weighted by atomic mass is 10.0. The van der Waals surface area contributed by atoms with Crippen molar-refractivity contribution in [1.29, 1.82) is 0 Å². The van der Waals surface area contributed by atoms with Gasteiger partial charge in [0.25, 0.3) is 0 Å². The van der Waals surface area contributed by atoms with Crippen LogP contribution in [0, 0.1) is 12.7 Å². The molecule has 3 heteroatoms. The Labute approximate surface area is 82.5 Å². The van der Waals surface area contributed by atoms with Crippen molar-refractivity contribution in [1.82, 2.24) is 0 Å². The number of aromatic hydroxyl groups is 1. The van der Waals surface area contributed by atoms with E-state index < -0.39 is 5.82 Å². The molecule has 2 rings (SSSR count). The van der Waals surface area contributed by atoms with Crippen molar-refractivity contribution in [2.24, 2.45) is 5.73 Å². The number of halogens is 1. The molecular weight excluding hydrogens is 181 g/mol. The molecule has 1 saturated carbocycles. The molecule has 76 valence electrons. The summed E-state index contributed by atoms with van der Waals surface area (Å²) in [6.45, 7) is 1.83. The van der Waals surface area contributed by atoms with Crippen LogP contribution in [0.15, 0.2) is 12.1 Å². The molecule has 0 radical (unpaired) electrons. The fourth-order valence-electron chi connectivity index (χ4n) is 1.67. The van der Waals surface area contributed by atoms with E-state index in [0.717, 1.165) is 18.4 Å². The van der Waals surface area contributed by atoms with Crippen LogP contribution in [0.1, 0.15) is 24.0 Å². The summed E-state index contributed by atoms with van der Waals surface area (Å²) in [6, 6.07) is 3.18. The number of phenolic OH excluding ortho intramolecular Hbond substituents is 1. The predicted octanol–water partition coefficient (Wildman–Crippen LogP) is 1.87. The van der Waals surface area contributed by atoms with Crippen LogP contribution in [0.4, 0.5) is 4.39 Å². The highest BCUT2D eigenvalue weighted by molar-refractivity contribution is 5.36. The van der Waals surface area contributed by atoms with E-state index in [1.54, 1.807) is 6.07 Å². The van der Waals surface area contributed by atoms with Gasteiger partial charge in [0, 0.05) is 5.54 Å². The van der Waals surface area contributed by atoms with Crippen LogP contribution in [0.5, 0.6) is 5.75 Å². The summed E-state index contributed by atoms with van der Waals surface area (Å²) in [5.41, 5.74) is 7.07. The molecule has 0 spiro atoms. The SMILES string of the molecule is Cc1cc(O)c(F)c(CC2(N)CC2)c1. The summed E-state index contributed by atoms with van der Waals surface area (Å²) >= 11 is 0. The van der Waals surface area contributed by atoms with Crippen molar-refractivity contribution in [3.63, 3.8) is 0 Å². The maximum absolute atomic E-state index is 13.4. The lowest BCUT2D eigenvalue weighted by Crippen LogP contribution is -2.25. The zero-order valence-corrected chi connectivity index (χ0v) is 8.18. The van der Waals surface area contributed by atoms with Crippen LogP contribution in [0.2, 0.25) is 0 Å². The third kappa shape index (κ3) is 1.73. The van der Waals surface area contributed by atoms with E-state index in [9.17, 15) is 9.50 Å². The van der Waals surface area contributed by atoms with Gasteiger partial charge in [-0.1, -0.05) is 6.07 Å². The van der Waals surface area contributed by atoms with Crippen molar-refractivity contribution in [2.75, 3.05) is 0 Å². The van der Waals surface area contributed by atoms with Gasteiger partial charge >= 0.3 is 0 Å². The van der Waals surface area contributed by atoms with Gasteiger partial charge in [-0.2, -0.15) is 0 Å². The van der Waals surface area contributed by atoms with Crippen LogP contribution >= 0.6 is 0 Å². The monoisotopic (exact) mass is 195 g/mol. The summed E-state index contributed by atoms with van der Waals surface area (Å²) in [7, 11) is 0. The van der Waals surface area contributed by atoms with Crippen LogP contribution in [-0.2, 0) is 6.42 Å². The van der Waals surface area contributed by atoms with Gasteiger partial charge in [0.2, 0.25) is 0 Å². The first-order valence-corrected chi connectivity index (χ1v) is 4.77. The molecule has 0 unspecified atom stereocenters. The van der Waals surface area contributed by atoms with Gasteiger partial charge in [-0.05, 0) is 43.4 Å². The number of rotatable bonds is 2. The summed E-state index contributed by atoms with van der Waals surface area (Å²) in [5, 5.41) is 9.28. The topological polar surface area (TPSA) is 46.2 Å². The smallest absolute Gasteiger partial charge is 0.168 e. The molecular formula is C11H14FNO. The molecule has 1 fully saturated rings. The van der Waals surface area contributed by atoms with E-state index in [0.29, 0.717) is 12.0 Å². The first kappa shape index (κ1) is 9.46. The highest BCUT2D eigenvalue weighted by atomic mass is 19.1. The van der Waals surface area contributed by atoms with Crippen molar-refractivity contribution < 1.29 is 9.50 Å². The highest BCUT2D eigenvalue weighted by Crippen LogP contribution is 2.37. The number of phenols is 1. The normalized spacial score (nSPS) is 18.2. The van der Waals surface area contributed by atoms with E-state index in [-0.39, 0.29) is 11.3 Å². The average molecular weight is 195 g/mol. The molecule has 0 atom stereocenters. The third-order valence-corrected chi connectivity index (χ3v) is 2.71. The Morgan fingerprint density at radius 3 is 2.71 bits per heavy atom. The summed E-state index contributed by atoms with van der Waals surface area (Å²) in [6.07, 6.45) is 2.41. The lowest BCUT2D eigenvalue weighted by Gasteiger charge is -2.11. The summed E-state index contributed by atoms with van der Waals surface area (Å²) < 4.78 is 13.4. The second-order valence-corrected chi connectivity index (χ2v) is 4.30. The predicted molar refractivity (Wildman–Crippen MR) is 52.7 cm³/mol. The fraction of sp³-hybridized carbons (Fsp3) is 0.455. The molecule has 0 bridgehead atoms. The van der Waals surface area contributed by atoms with Gasteiger partial charge in [-0.25, -0.2) is 4.39 Å². The largest absolute Gasteiger partial charge is 0.505 e. The van der Waals surface area contributed by atoms with Crippen LogP contribution in [0.25, 0.3) is 0 Å². The molecule has 0 saturated heterocycles. The van der Waals surface area contributed by atoms with Crippen LogP contribution < -0.4 is 5.73 Å². The summed E-state index contributed by atoms with van der Waals surface area (Å²) in [5.74, 6) is -0.795. The van der Waals surface area contributed by atoms with E-state index in [2.05, 4.69) is 0 Å². The molecule has 2 nitrogen and oxygen atoms in total. The Hall–Kier alpha value is -1.09. The minimum atomic E-state index is -0.521. The lowest BCUT2D eigenvalue weighted by molar-refractivity contribution is 0.426. The molecule has 1 aliphatic carbocycles. The second kappa shape index (κ2) is 2.95. The van der Waals surface area contributed by atoms with Gasteiger partial charge in [0.05, 0.1) is 0 Å². The van der Waals surface area contributed by atoms with Gasteiger partial charge in [0.1, 0.15) is 0 Å². The van der Waals surface area contributed by atoms with Gasteiger partial charge < -0.3 is 10.8 Å². The second-order valence-electron chi connectivity index (χ2n) is 4.30. The third-order valence-electron chi connectivity index (χ3n) is 2.71. The minimum absolute atomic E-state index is 0.221. The van der Waals surface area contributed by atoms with E-state index in [1.165, 1.54) is 6.07 Å². The summed E-state index contributed by atoms with van der Waals surface area (Å²) in [4.78, 5) is 0. The molecule has 0 amide bonds. The molecule has 1 aliphatic rings. The number of hydrogen-bond acceptors (Lipinski definition) is 2. The van der Waals surface area contributed by atoms with Gasteiger partial charge in [-0.15, -0.1) is 0 Å². The quantitative estimate of drug-likeness (QED) is 0.756. The Balaban J connectivity index is 2.32. The zero-order chi connectivity index (χ0) is 10.3. The van der Waals surface area contributed by atoms with Crippen LogP contribution in [-0.4, -0.2) is 10.6 Å². The highest BCUT2D eigenvalue weighted by Gasteiger charge is 2.38. The standard InChI is InChI=1S/C11H14FNO/c1-7-4-8(6-11(13)2-3-11)10(12)9(14)5-7/h4-5,14H,2-3,6,13H2,1H3. The minimum Gasteiger partial charge on any atom is -0.505 e. The van der Waals surface area contributed by atoms with E-state index >= 15 is 0 Å². The van der Waals surface area contributed by atoms with Crippen molar-refractivity contribution in [3.8, 4) is 5.75 Å². The molecule has 0 aromatic heterocycles. The number of aryl methyl sites for hydroxylation is 1. The Bertz CT molecular complexity index is 372. The maximum Gasteiger partial charge on any atom is 0.168 e. The van der Waals surface area contributed by atoms with Gasteiger partial charge in [0.15, 0.2) is 11.6 Å². The van der Waals surface area contributed by atoms with Crippen molar-refractivity contribution in [2.45, 2.75) is 31.7 Å². The first-order valence-electron chi connectivity index (χ1n) is 4.77. The average Bonchev–Trinajstić information content (AvgIpc) is 2.79. The Kier molecular flexibility index (Phi) is 2.00. The molecule has 1 aromatic rings.